The number of nitrogens with zero attached hydrogens (tertiary/aromatic N) is 3. The first-order valence-corrected chi connectivity index (χ1v) is 9.07. The van der Waals surface area contributed by atoms with Crippen molar-refractivity contribution < 1.29 is 27.6 Å². The molecule has 1 aromatic carbocycles. The van der Waals surface area contributed by atoms with E-state index in [2.05, 4.69) is 15.6 Å². The molecule has 11 heteroatoms. The highest BCUT2D eigenvalue weighted by Crippen LogP contribution is 2.33. The van der Waals surface area contributed by atoms with Gasteiger partial charge < -0.3 is 15.0 Å². The summed E-state index contributed by atoms with van der Waals surface area (Å²) in [4.78, 5) is 12.5. The SMILES string of the molecule is O=C(Nc1ccc2c(c1)B(O)OC2)c1nnn(CC2CCCC2)c1C(F)(F)F. The van der Waals surface area contributed by atoms with Gasteiger partial charge in [0.05, 0.1) is 6.61 Å². The summed E-state index contributed by atoms with van der Waals surface area (Å²) in [7, 11) is -1.12. The molecule has 1 aromatic heterocycles. The number of aromatic nitrogens is 3. The monoisotopic (exact) mass is 394 g/mol. The number of nitrogens with one attached hydrogen (secondary N) is 1. The normalized spacial score (nSPS) is 17.2. The average molecular weight is 394 g/mol. The molecule has 1 aliphatic heterocycles. The zero-order valence-electron chi connectivity index (χ0n) is 14.9. The Kier molecular flexibility index (Phi) is 4.88. The maximum Gasteiger partial charge on any atom is 0.491 e. The van der Waals surface area contributed by atoms with Crippen molar-refractivity contribution in [2.45, 2.75) is 45.0 Å². The van der Waals surface area contributed by atoms with Crippen molar-refractivity contribution in [1.82, 2.24) is 15.0 Å². The van der Waals surface area contributed by atoms with Gasteiger partial charge in [-0.2, -0.15) is 13.2 Å². The predicted molar refractivity (Wildman–Crippen MR) is 93.8 cm³/mol. The van der Waals surface area contributed by atoms with Crippen molar-refractivity contribution >= 4 is 24.2 Å². The first-order valence-electron chi connectivity index (χ1n) is 9.07. The minimum atomic E-state index is -4.75. The number of hydrogen-bond acceptors (Lipinski definition) is 5. The van der Waals surface area contributed by atoms with Crippen molar-refractivity contribution in [2.24, 2.45) is 5.92 Å². The van der Waals surface area contributed by atoms with Gasteiger partial charge in [0.1, 0.15) is 0 Å². The molecule has 7 nitrogen and oxygen atoms in total. The Morgan fingerprint density at radius 3 is 2.82 bits per heavy atom. The van der Waals surface area contributed by atoms with Gasteiger partial charge in [0.25, 0.3) is 5.91 Å². The Morgan fingerprint density at radius 1 is 1.36 bits per heavy atom. The third kappa shape index (κ3) is 3.63. The van der Waals surface area contributed by atoms with E-state index in [-0.39, 0.29) is 24.8 Å². The maximum absolute atomic E-state index is 13.6. The van der Waals surface area contributed by atoms with Crippen LogP contribution in [0.4, 0.5) is 18.9 Å². The van der Waals surface area contributed by atoms with Gasteiger partial charge in [-0.1, -0.05) is 24.1 Å². The summed E-state index contributed by atoms with van der Waals surface area (Å²) in [6.07, 6.45) is -1.09. The van der Waals surface area contributed by atoms with E-state index in [4.69, 9.17) is 4.65 Å². The van der Waals surface area contributed by atoms with Crippen LogP contribution in [0.15, 0.2) is 18.2 Å². The van der Waals surface area contributed by atoms with Crippen molar-refractivity contribution in [3.8, 4) is 0 Å². The van der Waals surface area contributed by atoms with Crippen molar-refractivity contribution in [3.63, 3.8) is 0 Å². The lowest BCUT2D eigenvalue weighted by molar-refractivity contribution is -0.144. The molecule has 0 atom stereocenters. The molecule has 0 bridgehead atoms. The lowest BCUT2D eigenvalue weighted by atomic mass is 9.79. The quantitative estimate of drug-likeness (QED) is 0.775. The summed E-state index contributed by atoms with van der Waals surface area (Å²) < 4.78 is 46.7. The molecule has 148 valence electrons. The number of carbonyl (C=O) groups is 1. The van der Waals surface area contributed by atoms with E-state index < -0.39 is 30.6 Å². The van der Waals surface area contributed by atoms with Gasteiger partial charge in [-0.05, 0) is 41.9 Å². The zero-order chi connectivity index (χ0) is 19.9. The molecule has 0 spiro atoms. The Balaban J connectivity index is 1.58. The number of benzene rings is 1. The average Bonchev–Trinajstić information content (AvgIpc) is 3.36. The second-order valence-electron chi connectivity index (χ2n) is 7.15. The minimum absolute atomic E-state index is 0.0947. The molecule has 1 saturated carbocycles. The Bertz CT molecular complexity index is 896. The van der Waals surface area contributed by atoms with Crippen LogP contribution in [0, 0.1) is 5.92 Å². The van der Waals surface area contributed by atoms with Gasteiger partial charge in [0.15, 0.2) is 11.4 Å². The lowest BCUT2D eigenvalue weighted by Gasteiger charge is -2.14. The predicted octanol–water partition coefficient (Wildman–Crippen LogP) is 1.96. The van der Waals surface area contributed by atoms with E-state index >= 15 is 0 Å². The smallest absolute Gasteiger partial charge is 0.423 e. The highest BCUT2D eigenvalue weighted by molar-refractivity contribution is 6.61. The molecule has 28 heavy (non-hydrogen) atoms. The number of hydrogen-bond donors (Lipinski definition) is 2. The molecule has 4 rings (SSSR count). The second-order valence-corrected chi connectivity index (χ2v) is 7.15. The largest absolute Gasteiger partial charge is 0.491 e. The van der Waals surface area contributed by atoms with Gasteiger partial charge in [-0.15, -0.1) is 5.10 Å². The third-order valence-electron chi connectivity index (χ3n) is 5.19. The molecule has 0 saturated heterocycles. The van der Waals surface area contributed by atoms with Crippen LogP contribution in [-0.2, 0) is 24.0 Å². The second kappa shape index (κ2) is 7.21. The summed E-state index contributed by atoms with van der Waals surface area (Å²) in [5, 5.41) is 19.3. The number of rotatable bonds is 4. The molecular weight excluding hydrogens is 376 g/mol. The highest BCUT2D eigenvalue weighted by atomic mass is 19.4. The van der Waals surface area contributed by atoms with E-state index in [1.807, 2.05) is 0 Å². The van der Waals surface area contributed by atoms with E-state index in [1.54, 1.807) is 6.07 Å². The molecule has 2 aliphatic rings. The summed E-state index contributed by atoms with van der Waals surface area (Å²) in [6, 6.07) is 4.65. The fourth-order valence-electron chi connectivity index (χ4n) is 3.79. The minimum Gasteiger partial charge on any atom is -0.423 e. The highest BCUT2D eigenvalue weighted by Gasteiger charge is 2.42. The summed E-state index contributed by atoms with van der Waals surface area (Å²) in [6.45, 7) is 0.329. The molecule has 0 unspecified atom stereocenters. The third-order valence-corrected chi connectivity index (χ3v) is 5.19. The van der Waals surface area contributed by atoms with Crippen LogP contribution >= 0.6 is 0 Å². The van der Waals surface area contributed by atoms with Gasteiger partial charge >= 0.3 is 13.3 Å². The first kappa shape index (κ1) is 18.9. The van der Waals surface area contributed by atoms with Crippen molar-refractivity contribution in [3.05, 3.63) is 35.2 Å². The summed E-state index contributed by atoms with van der Waals surface area (Å²) in [5.41, 5.74) is -0.432. The van der Waals surface area contributed by atoms with Crippen LogP contribution in [0.1, 0.15) is 47.4 Å². The van der Waals surface area contributed by atoms with Crippen LogP contribution in [0.3, 0.4) is 0 Å². The standard InChI is InChI=1S/C17H18BF3N4O3/c19-17(20,21)15-14(23-24-25(15)8-10-3-1-2-4-10)16(26)22-12-6-5-11-9-28-18(27)13(11)7-12/h5-7,10,27H,1-4,8-9H2,(H,22,26). The molecule has 2 N–H and O–H groups in total. The number of fused-ring (bicyclic) bond motifs is 1. The maximum atomic E-state index is 13.6. The Hall–Kier alpha value is -2.40. The van der Waals surface area contributed by atoms with Crippen LogP contribution in [0.5, 0.6) is 0 Å². The molecule has 1 fully saturated rings. The van der Waals surface area contributed by atoms with Crippen LogP contribution in [-0.4, -0.2) is 33.0 Å². The van der Waals surface area contributed by atoms with Crippen molar-refractivity contribution in [2.75, 3.05) is 5.32 Å². The molecule has 0 radical (unpaired) electrons. The molecular formula is C17H18BF3N4O3. The zero-order valence-corrected chi connectivity index (χ0v) is 14.9. The fraction of sp³-hybridized carbons (Fsp3) is 0.471. The number of anilines is 1. The Labute approximate surface area is 159 Å². The number of carbonyl (C=O) groups excluding carboxylic acids is 1. The van der Waals surface area contributed by atoms with Gasteiger partial charge in [0, 0.05) is 12.2 Å². The Morgan fingerprint density at radius 2 is 2.11 bits per heavy atom. The fourth-order valence-corrected chi connectivity index (χ4v) is 3.79. The lowest BCUT2D eigenvalue weighted by Crippen LogP contribution is -2.28. The summed E-state index contributed by atoms with van der Waals surface area (Å²) in [5.74, 6) is -0.893. The van der Waals surface area contributed by atoms with E-state index in [1.165, 1.54) is 12.1 Å². The van der Waals surface area contributed by atoms with Gasteiger partial charge in [-0.3, -0.25) is 4.79 Å². The van der Waals surface area contributed by atoms with Crippen LogP contribution in [0.2, 0.25) is 0 Å². The van der Waals surface area contributed by atoms with Gasteiger partial charge in [0.2, 0.25) is 0 Å². The first-order chi connectivity index (χ1) is 13.3. The molecule has 2 heterocycles. The topological polar surface area (TPSA) is 89.3 Å². The van der Waals surface area contributed by atoms with E-state index in [0.29, 0.717) is 5.46 Å². The number of amides is 1. The van der Waals surface area contributed by atoms with E-state index in [0.717, 1.165) is 35.9 Å². The number of alkyl halides is 3. The van der Waals surface area contributed by atoms with Crippen LogP contribution < -0.4 is 10.8 Å². The van der Waals surface area contributed by atoms with Crippen LogP contribution in [0.25, 0.3) is 0 Å². The van der Waals surface area contributed by atoms with Crippen molar-refractivity contribution in [1.29, 1.82) is 0 Å². The van der Waals surface area contributed by atoms with Gasteiger partial charge in [-0.25, -0.2) is 4.68 Å². The number of halogens is 3. The molecule has 2 aromatic rings. The summed E-state index contributed by atoms with van der Waals surface area (Å²) >= 11 is 0. The van der Waals surface area contributed by atoms with E-state index in [9.17, 15) is 23.0 Å². The molecule has 1 aliphatic carbocycles. The molecule has 1 amide bonds.